The standard InChI is InChI=1S/C13H16N4/c14-8-11(9-4-2-1-3-5-9)10-6-12(15)17-13(16)7-10/h1-7,11H,8,14H2,(H4,15,16,17). The minimum atomic E-state index is 0.101. The predicted octanol–water partition coefficient (Wildman–Crippen LogP) is 1.34. The van der Waals surface area contributed by atoms with E-state index in [2.05, 4.69) is 4.98 Å². The van der Waals surface area contributed by atoms with Crippen molar-refractivity contribution >= 4 is 11.6 Å². The van der Waals surface area contributed by atoms with Crippen molar-refractivity contribution in [2.24, 2.45) is 5.73 Å². The van der Waals surface area contributed by atoms with Crippen molar-refractivity contribution in [1.29, 1.82) is 0 Å². The summed E-state index contributed by atoms with van der Waals surface area (Å²) in [5.74, 6) is 0.951. The van der Waals surface area contributed by atoms with E-state index in [0.29, 0.717) is 18.2 Å². The van der Waals surface area contributed by atoms with E-state index in [4.69, 9.17) is 17.2 Å². The second kappa shape index (κ2) is 4.84. The third-order valence-electron chi connectivity index (χ3n) is 2.73. The van der Waals surface area contributed by atoms with Crippen LogP contribution in [0.1, 0.15) is 17.0 Å². The Morgan fingerprint density at radius 2 is 1.53 bits per heavy atom. The van der Waals surface area contributed by atoms with Crippen LogP contribution in [0.15, 0.2) is 42.5 Å². The van der Waals surface area contributed by atoms with E-state index in [1.54, 1.807) is 0 Å². The van der Waals surface area contributed by atoms with Crippen LogP contribution in [0.5, 0.6) is 0 Å². The molecule has 1 atom stereocenters. The van der Waals surface area contributed by atoms with Gasteiger partial charge in [0.25, 0.3) is 0 Å². The van der Waals surface area contributed by atoms with Crippen LogP contribution in [0.25, 0.3) is 0 Å². The van der Waals surface area contributed by atoms with Gasteiger partial charge < -0.3 is 17.2 Å². The van der Waals surface area contributed by atoms with Gasteiger partial charge in [-0.3, -0.25) is 0 Å². The van der Waals surface area contributed by atoms with Crippen molar-refractivity contribution in [3.63, 3.8) is 0 Å². The second-order valence-electron chi connectivity index (χ2n) is 3.95. The third-order valence-corrected chi connectivity index (χ3v) is 2.73. The highest BCUT2D eigenvalue weighted by atomic mass is 14.9. The Balaban J connectivity index is 2.42. The zero-order valence-electron chi connectivity index (χ0n) is 9.51. The lowest BCUT2D eigenvalue weighted by Gasteiger charge is -2.16. The number of anilines is 2. The van der Waals surface area contributed by atoms with Gasteiger partial charge in [-0.05, 0) is 23.3 Å². The van der Waals surface area contributed by atoms with E-state index in [1.807, 2.05) is 42.5 Å². The first-order valence-electron chi connectivity index (χ1n) is 5.48. The molecule has 4 heteroatoms. The van der Waals surface area contributed by atoms with Crippen LogP contribution < -0.4 is 17.2 Å². The summed E-state index contributed by atoms with van der Waals surface area (Å²) in [5, 5.41) is 0. The van der Waals surface area contributed by atoms with Gasteiger partial charge in [0.15, 0.2) is 0 Å². The fourth-order valence-corrected chi connectivity index (χ4v) is 1.95. The first-order chi connectivity index (χ1) is 8.20. The summed E-state index contributed by atoms with van der Waals surface area (Å²) < 4.78 is 0. The molecule has 0 aliphatic rings. The lowest BCUT2D eigenvalue weighted by Crippen LogP contribution is -2.14. The molecule has 0 saturated carbocycles. The Kier molecular flexibility index (Phi) is 3.25. The molecule has 4 nitrogen and oxygen atoms in total. The first kappa shape index (κ1) is 11.4. The van der Waals surface area contributed by atoms with Crippen LogP contribution in [0.2, 0.25) is 0 Å². The quantitative estimate of drug-likeness (QED) is 0.739. The van der Waals surface area contributed by atoms with Crippen molar-refractivity contribution < 1.29 is 0 Å². The average Bonchev–Trinajstić information content (AvgIpc) is 2.30. The Morgan fingerprint density at radius 1 is 0.941 bits per heavy atom. The van der Waals surface area contributed by atoms with Crippen LogP contribution in [0.3, 0.4) is 0 Å². The van der Waals surface area contributed by atoms with Gasteiger partial charge >= 0.3 is 0 Å². The lowest BCUT2D eigenvalue weighted by molar-refractivity contribution is 0.818. The number of pyridine rings is 1. The maximum atomic E-state index is 5.83. The van der Waals surface area contributed by atoms with Crippen molar-refractivity contribution in [2.45, 2.75) is 5.92 Å². The summed E-state index contributed by atoms with van der Waals surface area (Å²) in [6.45, 7) is 0.507. The first-order valence-corrected chi connectivity index (χ1v) is 5.48. The van der Waals surface area contributed by atoms with Gasteiger partial charge in [0.1, 0.15) is 11.6 Å². The van der Waals surface area contributed by atoms with Crippen molar-refractivity contribution in [1.82, 2.24) is 4.98 Å². The molecule has 2 aromatic rings. The van der Waals surface area contributed by atoms with Crippen molar-refractivity contribution in [2.75, 3.05) is 18.0 Å². The molecule has 0 aliphatic heterocycles. The molecule has 6 N–H and O–H groups in total. The van der Waals surface area contributed by atoms with Crippen LogP contribution in [0, 0.1) is 0 Å². The normalized spacial score (nSPS) is 12.3. The van der Waals surface area contributed by atoms with E-state index in [-0.39, 0.29) is 5.92 Å². The molecule has 0 amide bonds. The van der Waals surface area contributed by atoms with E-state index >= 15 is 0 Å². The SMILES string of the molecule is NCC(c1ccccc1)c1cc(N)nc(N)c1. The van der Waals surface area contributed by atoms with Crippen LogP contribution >= 0.6 is 0 Å². The Bertz CT molecular complexity index is 476. The molecule has 0 spiro atoms. The summed E-state index contributed by atoms with van der Waals surface area (Å²) in [5.41, 5.74) is 19.4. The molecule has 88 valence electrons. The van der Waals surface area contributed by atoms with Crippen LogP contribution in [0.4, 0.5) is 11.6 Å². The molecule has 0 bridgehead atoms. The average molecular weight is 228 g/mol. The van der Waals surface area contributed by atoms with Gasteiger partial charge in [0, 0.05) is 12.5 Å². The summed E-state index contributed by atoms with van der Waals surface area (Å²) >= 11 is 0. The lowest BCUT2D eigenvalue weighted by atomic mass is 9.92. The number of benzene rings is 1. The van der Waals surface area contributed by atoms with Gasteiger partial charge in [-0.2, -0.15) is 0 Å². The van der Waals surface area contributed by atoms with Crippen molar-refractivity contribution in [3.05, 3.63) is 53.6 Å². The van der Waals surface area contributed by atoms with Gasteiger partial charge in [-0.15, -0.1) is 0 Å². The molecular formula is C13H16N4. The smallest absolute Gasteiger partial charge is 0.126 e. The van der Waals surface area contributed by atoms with E-state index in [0.717, 1.165) is 11.1 Å². The number of nitrogen functional groups attached to an aromatic ring is 2. The zero-order valence-corrected chi connectivity index (χ0v) is 9.51. The Labute approximate surface area is 100 Å². The van der Waals surface area contributed by atoms with Crippen LogP contribution in [-0.4, -0.2) is 11.5 Å². The van der Waals surface area contributed by atoms with Gasteiger partial charge in [0.05, 0.1) is 0 Å². The fraction of sp³-hybridized carbons (Fsp3) is 0.154. The molecule has 0 fully saturated rings. The van der Waals surface area contributed by atoms with Crippen molar-refractivity contribution in [3.8, 4) is 0 Å². The molecule has 2 rings (SSSR count). The number of hydrogen-bond donors (Lipinski definition) is 3. The topological polar surface area (TPSA) is 91.0 Å². The molecule has 1 heterocycles. The monoisotopic (exact) mass is 228 g/mol. The maximum absolute atomic E-state index is 5.83. The number of nitrogens with two attached hydrogens (primary N) is 3. The molecule has 1 aromatic carbocycles. The highest BCUT2D eigenvalue weighted by Gasteiger charge is 2.13. The third kappa shape index (κ3) is 2.54. The number of nitrogens with zero attached hydrogens (tertiary/aromatic N) is 1. The largest absolute Gasteiger partial charge is 0.384 e. The van der Waals surface area contributed by atoms with E-state index in [1.165, 1.54) is 0 Å². The molecular weight excluding hydrogens is 212 g/mol. The molecule has 17 heavy (non-hydrogen) atoms. The molecule has 0 radical (unpaired) electrons. The van der Waals surface area contributed by atoms with Gasteiger partial charge in [0.2, 0.25) is 0 Å². The molecule has 0 aliphatic carbocycles. The molecule has 0 saturated heterocycles. The summed E-state index contributed by atoms with van der Waals surface area (Å²) in [6, 6.07) is 13.7. The van der Waals surface area contributed by atoms with Crippen LogP contribution in [-0.2, 0) is 0 Å². The summed E-state index contributed by atoms with van der Waals surface area (Å²) in [7, 11) is 0. The fourth-order valence-electron chi connectivity index (χ4n) is 1.95. The Morgan fingerprint density at radius 3 is 2.06 bits per heavy atom. The highest BCUT2D eigenvalue weighted by Crippen LogP contribution is 2.25. The zero-order chi connectivity index (χ0) is 12.3. The molecule has 1 aromatic heterocycles. The predicted molar refractivity (Wildman–Crippen MR) is 70.4 cm³/mol. The Hall–Kier alpha value is -2.07. The van der Waals surface area contributed by atoms with E-state index < -0.39 is 0 Å². The number of aromatic nitrogens is 1. The highest BCUT2D eigenvalue weighted by molar-refractivity contribution is 5.47. The summed E-state index contributed by atoms with van der Waals surface area (Å²) in [6.07, 6.45) is 0. The number of rotatable bonds is 3. The minimum absolute atomic E-state index is 0.101. The molecule has 1 unspecified atom stereocenters. The van der Waals surface area contributed by atoms with Gasteiger partial charge in [-0.1, -0.05) is 30.3 Å². The second-order valence-corrected chi connectivity index (χ2v) is 3.95. The number of hydrogen-bond acceptors (Lipinski definition) is 4. The van der Waals surface area contributed by atoms with Gasteiger partial charge in [-0.25, -0.2) is 4.98 Å². The maximum Gasteiger partial charge on any atom is 0.126 e. The van der Waals surface area contributed by atoms with E-state index in [9.17, 15) is 0 Å². The minimum Gasteiger partial charge on any atom is -0.384 e. The summed E-state index contributed by atoms with van der Waals surface area (Å²) in [4.78, 5) is 3.96.